The van der Waals surface area contributed by atoms with Crippen LogP contribution in [0.15, 0.2) is 58.5 Å². The van der Waals surface area contributed by atoms with E-state index in [0.717, 1.165) is 30.6 Å². The number of allylic oxidation sites excluding steroid dienone is 3. The molecule has 2 fully saturated rings. The van der Waals surface area contributed by atoms with Gasteiger partial charge in [0.05, 0.1) is 16.1 Å². The quantitative estimate of drug-likeness (QED) is 0.317. The van der Waals surface area contributed by atoms with E-state index in [1.807, 2.05) is 23.9 Å². The topological polar surface area (TPSA) is 20.2 Å². The molecule has 3 unspecified atom stereocenters. The number of thioether (sulfide) groups is 1. The van der Waals surface area contributed by atoms with E-state index in [2.05, 4.69) is 52.5 Å². The summed E-state index contributed by atoms with van der Waals surface area (Å²) in [6, 6.07) is 5.95. The summed E-state index contributed by atoms with van der Waals surface area (Å²) in [6.07, 6.45) is 14.7. The summed E-state index contributed by atoms with van der Waals surface area (Å²) in [7, 11) is 0. The minimum absolute atomic E-state index is 0.322. The van der Waals surface area contributed by atoms with E-state index in [0.29, 0.717) is 33.2 Å². The summed E-state index contributed by atoms with van der Waals surface area (Å²) in [6.45, 7) is 14.0. The molecule has 0 aromatic heterocycles. The second kappa shape index (κ2) is 13.2. The Bertz CT molecular complexity index is 936. The van der Waals surface area contributed by atoms with E-state index >= 15 is 0 Å². The Morgan fingerprint density at radius 1 is 1.17 bits per heavy atom. The van der Waals surface area contributed by atoms with Crippen LogP contribution >= 0.6 is 35.0 Å². The van der Waals surface area contributed by atoms with Crippen molar-refractivity contribution in [3.05, 3.63) is 63.7 Å². The Balaban J connectivity index is 1.71. The fourth-order valence-electron chi connectivity index (χ4n) is 6.90. The average Bonchev–Trinajstić information content (AvgIpc) is 2.82. The van der Waals surface area contributed by atoms with E-state index in [1.54, 1.807) is 5.57 Å². The van der Waals surface area contributed by atoms with Crippen molar-refractivity contribution >= 4 is 35.0 Å². The predicted octanol–water partition coefficient (Wildman–Crippen LogP) is 10.3. The van der Waals surface area contributed by atoms with Crippen molar-refractivity contribution in [2.24, 2.45) is 23.2 Å². The van der Waals surface area contributed by atoms with Gasteiger partial charge >= 0.3 is 0 Å². The van der Waals surface area contributed by atoms with Gasteiger partial charge in [0, 0.05) is 4.90 Å². The highest BCUT2D eigenvalue weighted by atomic mass is 35.5. The lowest BCUT2D eigenvalue weighted by molar-refractivity contribution is 0.0361. The molecule has 35 heavy (non-hydrogen) atoms. The summed E-state index contributed by atoms with van der Waals surface area (Å²) in [5.41, 5.74) is 4.11. The first-order valence-corrected chi connectivity index (χ1v) is 15.3. The summed E-state index contributed by atoms with van der Waals surface area (Å²) in [4.78, 5) is 1.20. The molecule has 1 aromatic rings. The third-order valence-electron chi connectivity index (χ3n) is 8.78. The molecule has 0 heterocycles. The first-order valence-electron chi connectivity index (χ1n) is 13.6. The lowest BCUT2D eigenvalue weighted by atomic mass is 9.55. The second-order valence-corrected chi connectivity index (χ2v) is 12.9. The Morgan fingerprint density at radius 2 is 1.94 bits per heavy atom. The van der Waals surface area contributed by atoms with Crippen molar-refractivity contribution in [3.8, 4) is 0 Å². The largest absolute Gasteiger partial charge is 0.388 e. The fraction of sp³-hybridized carbons (Fsp3) is 0.613. The predicted molar refractivity (Wildman–Crippen MR) is 156 cm³/mol. The standard InChI is InChI=1S/C31H44Cl2OS/c1-6-26(21(3)17-19-35-25-15-16-28(32)29(33)20-25)31(5)18-9-11-24(27(31)7-2)14-13-23-10-8-12-30(34)22(23)4/h13-16,20-21,26-27,30,34H,4,6-12,17-19H2,1-3,5H3/b23-13-,24-14+/t21-,26?,27?,30+,31?/m1/s1. The number of hydrogen-bond donors (Lipinski definition) is 1. The van der Waals surface area contributed by atoms with Crippen molar-refractivity contribution in [3.63, 3.8) is 0 Å². The van der Waals surface area contributed by atoms with Crippen LogP contribution in [-0.2, 0) is 0 Å². The number of aliphatic hydroxyl groups is 1. The van der Waals surface area contributed by atoms with Crippen molar-refractivity contribution in [2.75, 3.05) is 5.75 Å². The van der Waals surface area contributed by atoms with Gasteiger partial charge in [-0.25, -0.2) is 0 Å². The van der Waals surface area contributed by atoms with Crippen LogP contribution in [0.1, 0.15) is 85.5 Å². The van der Waals surface area contributed by atoms with E-state index in [-0.39, 0.29) is 6.10 Å². The maximum Gasteiger partial charge on any atom is 0.0787 e. The number of benzene rings is 1. The highest BCUT2D eigenvalue weighted by Crippen LogP contribution is 2.54. The summed E-state index contributed by atoms with van der Waals surface area (Å²) >= 11 is 14.2. The van der Waals surface area contributed by atoms with Crippen LogP contribution in [0.25, 0.3) is 0 Å². The SMILES string of the molecule is C=C1/C(=C\C=C2/CCCC(C)(C(CC)[C@H](C)CCSc3ccc(Cl)c(Cl)c3)C2CC)CCC[C@@H]1O. The van der Waals surface area contributed by atoms with Gasteiger partial charge in [-0.05, 0) is 110 Å². The van der Waals surface area contributed by atoms with Gasteiger partial charge in [0.1, 0.15) is 0 Å². The molecular formula is C31H44Cl2OS. The maximum atomic E-state index is 10.2. The monoisotopic (exact) mass is 534 g/mol. The van der Waals surface area contributed by atoms with Crippen LogP contribution in [0.4, 0.5) is 0 Å². The van der Waals surface area contributed by atoms with Gasteiger partial charge in [-0.15, -0.1) is 11.8 Å². The zero-order chi connectivity index (χ0) is 25.6. The van der Waals surface area contributed by atoms with Gasteiger partial charge in [0.25, 0.3) is 0 Å². The number of aliphatic hydroxyl groups excluding tert-OH is 1. The first kappa shape index (κ1) is 28.9. The highest BCUT2D eigenvalue weighted by Gasteiger charge is 2.44. The van der Waals surface area contributed by atoms with Crippen molar-refractivity contribution in [1.82, 2.24) is 0 Å². The van der Waals surface area contributed by atoms with Crippen LogP contribution in [0.2, 0.25) is 10.0 Å². The molecule has 1 nitrogen and oxygen atoms in total. The summed E-state index contributed by atoms with van der Waals surface area (Å²) in [5, 5.41) is 11.5. The smallest absolute Gasteiger partial charge is 0.0787 e. The molecule has 0 spiro atoms. The van der Waals surface area contributed by atoms with Gasteiger partial charge in [-0.3, -0.25) is 0 Å². The summed E-state index contributed by atoms with van der Waals surface area (Å²) < 4.78 is 0. The molecule has 2 aliphatic carbocycles. The number of rotatable bonds is 9. The van der Waals surface area contributed by atoms with Crippen LogP contribution in [-0.4, -0.2) is 17.0 Å². The maximum absolute atomic E-state index is 10.2. The van der Waals surface area contributed by atoms with Crippen LogP contribution in [0, 0.1) is 23.2 Å². The molecule has 5 atom stereocenters. The van der Waals surface area contributed by atoms with E-state index in [1.165, 1.54) is 49.0 Å². The molecule has 1 N–H and O–H groups in total. The van der Waals surface area contributed by atoms with Gasteiger partial charge in [-0.2, -0.15) is 0 Å². The Labute approximate surface area is 228 Å². The molecule has 0 amide bonds. The van der Waals surface area contributed by atoms with E-state index in [4.69, 9.17) is 23.2 Å². The van der Waals surface area contributed by atoms with Gasteiger partial charge in [0.15, 0.2) is 0 Å². The molecule has 0 aliphatic heterocycles. The summed E-state index contributed by atoms with van der Waals surface area (Å²) in [5.74, 6) is 3.08. The first-order chi connectivity index (χ1) is 16.7. The second-order valence-electron chi connectivity index (χ2n) is 10.9. The van der Waals surface area contributed by atoms with Crippen molar-refractivity contribution < 1.29 is 5.11 Å². The molecular weight excluding hydrogens is 491 g/mol. The molecule has 194 valence electrons. The molecule has 2 saturated carbocycles. The zero-order valence-electron chi connectivity index (χ0n) is 22.1. The Kier molecular flexibility index (Phi) is 10.9. The molecule has 4 heteroatoms. The van der Waals surface area contributed by atoms with Crippen molar-refractivity contribution in [2.45, 2.75) is 96.5 Å². The molecule has 2 aliphatic rings. The molecule has 0 radical (unpaired) electrons. The van der Waals surface area contributed by atoms with Crippen LogP contribution in [0.5, 0.6) is 0 Å². The minimum atomic E-state index is -0.362. The van der Waals surface area contributed by atoms with Gasteiger partial charge in [-0.1, -0.05) is 81.6 Å². The van der Waals surface area contributed by atoms with Crippen LogP contribution in [0.3, 0.4) is 0 Å². The Hall–Kier alpha value is -0.670. The Morgan fingerprint density at radius 3 is 2.63 bits per heavy atom. The molecule has 1 aromatic carbocycles. The van der Waals surface area contributed by atoms with Gasteiger partial charge in [0.2, 0.25) is 0 Å². The van der Waals surface area contributed by atoms with E-state index < -0.39 is 0 Å². The highest BCUT2D eigenvalue weighted by molar-refractivity contribution is 7.99. The zero-order valence-corrected chi connectivity index (χ0v) is 24.4. The lowest BCUT2D eigenvalue weighted by Crippen LogP contribution is -2.41. The normalized spacial score (nSPS) is 29.5. The fourth-order valence-corrected chi connectivity index (χ4v) is 8.35. The molecule has 0 bridgehead atoms. The number of halogens is 2. The molecule has 3 rings (SSSR count). The number of hydrogen-bond acceptors (Lipinski definition) is 2. The van der Waals surface area contributed by atoms with Crippen molar-refractivity contribution in [1.29, 1.82) is 0 Å². The minimum Gasteiger partial charge on any atom is -0.388 e. The van der Waals surface area contributed by atoms with E-state index in [9.17, 15) is 5.11 Å². The lowest BCUT2D eigenvalue weighted by Gasteiger charge is -2.50. The molecule has 0 saturated heterocycles. The van der Waals surface area contributed by atoms with Crippen LogP contribution < -0.4 is 0 Å². The third kappa shape index (κ3) is 7.01. The average molecular weight is 536 g/mol. The van der Waals surface area contributed by atoms with Gasteiger partial charge < -0.3 is 5.11 Å². The third-order valence-corrected chi connectivity index (χ3v) is 10.5.